The van der Waals surface area contributed by atoms with Gasteiger partial charge in [0.15, 0.2) is 0 Å². The largest absolute Gasteiger partial charge is 0.316 e. The maximum absolute atomic E-state index is 13.7. The van der Waals surface area contributed by atoms with E-state index in [0.29, 0.717) is 16.9 Å². The maximum atomic E-state index is 13.7. The lowest BCUT2D eigenvalue weighted by molar-refractivity contribution is 0.341. The van der Waals surface area contributed by atoms with Crippen LogP contribution in [0.3, 0.4) is 0 Å². The molecule has 1 aromatic carbocycles. The van der Waals surface area contributed by atoms with E-state index in [-0.39, 0.29) is 5.82 Å². The first-order valence-electron chi connectivity index (χ1n) is 5.34. The molecular formula is C12H15ClFN. The van der Waals surface area contributed by atoms with E-state index in [1.54, 1.807) is 6.07 Å². The Hall–Kier alpha value is -0.600. The molecule has 1 aliphatic heterocycles. The van der Waals surface area contributed by atoms with Gasteiger partial charge in [-0.05, 0) is 49.0 Å². The molecule has 1 N–H and O–H groups in total. The first kappa shape index (κ1) is 10.9. The minimum atomic E-state index is -0.166. The summed E-state index contributed by atoms with van der Waals surface area (Å²) in [4.78, 5) is 0. The molecule has 0 spiro atoms. The van der Waals surface area contributed by atoms with Gasteiger partial charge in [0, 0.05) is 5.02 Å². The average molecular weight is 228 g/mol. The highest BCUT2D eigenvalue weighted by molar-refractivity contribution is 6.30. The van der Waals surface area contributed by atoms with Crippen LogP contribution in [0.15, 0.2) is 18.2 Å². The summed E-state index contributed by atoms with van der Waals surface area (Å²) < 4.78 is 13.7. The minimum absolute atomic E-state index is 0.166. The van der Waals surface area contributed by atoms with E-state index in [4.69, 9.17) is 11.6 Å². The summed E-state index contributed by atoms with van der Waals surface area (Å²) in [6.45, 7) is 4.09. The molecule has 1 fully saturated rings. The molecule has 82 valence electrons. The van der Waals surface area contributed by atoms with Crippen molar-refractivity contribution in [2.24, 2.45) is 5.92 Å². The van der Waals surface area contributed by atoms with Gasteiger partial charge in [-0.2, -0.15) is 0 Å². The van der Waals surface area contributed by atoms with Crippen LogP contribution in [0.5, 0.6) is 0 Å². The summed E-state index contributed by atoms with van der Waals surface area (Å²) in [5, 5.41) is 3.79. The highest BCUT2D eigenvalue weighted by Gasteiger charge is 2.24. The van der Waals surface area contributed by atoms with E-state index in [1.165, 1.54) is 6.07 Å². The predicted molar refractivity (Wildman–Crippen MR) is 60.8 cm³/mol. The Bertz CT molecular complexity index is 353. The van der Waals surface area contributed by atoms with Crippen molar-refractivity contribution in [1.82, 2.24) is 5.32 Å². The van der Waals surface area contributed by atoms with Crippen molar-refractivity contribution in [3.8, 4) is 0 Å². The molecule has 1 aliphatic rings. The van der Waals surface area contributed by atoms with Crippen molar-refractivity contribution in [1.29, 1.82) is 0 Å². The fourth-order valence-electron chi connectivity index (χ4n) is 2.28. The van der Waals surface area contributed by atoms with Crippen LogP contribution >= 0.6 is 11.6 Å². The fraction of sp³-hybridized carbons (Fsp3) is 0.500. The van der Waals surface area contributed by atoms with Gasteiger partial charge in [0.05, 0.1) is 0 Å². The van der Waals surface area contributed by atoms with Gasteiger partial charge in [-0.3, -0.25) is 0 Å². The molecule has 15 heavy (non-hydrogen) atoms. The van der Waals surface area contributed by atoms with Gasteiger partial charge in [-0.25, -0.2) is 4.39 Å². The summed E-state index contributed by atoms with van der Waals surface area (Å²) in [7, 11) is 0. The van der Waals surface area contributed by atoms with Gasteiger partial charge in [0.2, 0.25) is 0 Å². The lowest BCUT2D eigenvalue weighted by atomic mass is 9.82. The third-order valence-corrected chi connectivity index (χ3v) is 3.38. The molecule has 0 bridgehead atoms. The second-order valence-electron chi connectivity index (χ2n) is 4.24. The Morgan fingerprint density at radius 1 is 1.47 bits per heavy atom. The van der Waals surface area contributed by atoms with E-state index in [1.807, 2.05) is 6.07 Å². The number of halogens is 2. The normalized spacial score (nSPS) is 26.6. The molecule has 0 saturated carbocycles. The van der Waals surface area contributed by atoms with Crippen LogP contribution < -0.4 is 5.32 Å². The number of benzene rings is 1. The predicted octanol–water partition coefficient (Wildman–Crippen LogP) is 3.19. The first-order chi connectivity index (χ1) is 7.18. The van der Waals surface area contributed by atoms with Crippen molar-refractivity contribution < 1.29 is 4.39 Å². The SMILES string of the molecule is CC1CNCCC1c1ccc(Cl)cc1F. The van der Waals surface area contributed by atoms with Crippen LogP contribution in [0.25, 0.3) is 0 Å². The van der Waals surface area contributed by atoms with Crippen LogP contribution in [0, 0.1) is 11.7 Å². The molecule has 1 aromatic rings. The van der Waals surface area contributed by atoms with E-state index < -0.39 is 0 Å². The standard InChI is InChI=1S/C12H15ClFN/c1-8-7-15-5-4-10(8)11-3-2-9(13)6-12(11)14/h2-3,6,8,10,15H,4-5,7H2,1H3. The van der Waals surface area contributed by atoms with Gasteiger partial charge in [-0.15, -0.1) is 0 Å². The number of hydrogen-bond acceptors (Lipinski definition) is 1. The molecule has 1 heterocycles. The fourth-order valence-corrected chi connectivity index (χ4v) is 2.44. The molecule has 3 heteroatoms. The lowest BCUT2D eigenvalue weighted by Crippen LogP contribution is -2.34. The summed E-state index contributed by atoms with van der Waals surface area (Å²) >= 11 is 5.74. The molecule has 0 aromatic heterocycles. The van der Waals surface area contributed by atoms with Crippen LogP contribution in [-0.2, 0) is 0 Å². The molecule has 1 saturated heterocycles. The second kappa shape index (κ2) is 4.50. The van der Waals surface area contributed by atoms with Gasteiger partial charge in [0.25, 0.3) is 0 Å². The van der Waals surface area contributed by atoms with Crippen molar-refractivity contribution >= 4 is 11.6 Å². The Labute approximate surface area is 94.6 Å². The Morgan fingerprint density at radius 2 is 2.27 bits per heavy atom. The van der Waals surface area contributed by atoms with Crippen LogP contribution in [-0.4, -0.2) is 13.1 Å². The van der Waals surface area contributed by atoms with E-state index >= 15 is 0 Å². The first-order valence-corrected chi connectivity index (χ1v) is 5.72. The van der Waals surface area contributed by atoms with Crippen molar-refractivity contribution in [3.05, 3.63) is 34.6 Å². The van der Waals surface area contributed by atoms with Crippen molar-refractivity contribution in [2.45, 2.75) is 19.3 Å². The monoisotopic (exact) mass is 227 g/mol. The smallest absolute Gasteiger partial charge is 0.128 e. The summed E-state index contributed by atoms with van der Waals surface area (Å²) in [6.07, 6.45) is 1.000. The molecule has 2 atom stereocenters. The zero-order valence-corrected chi connectivity index (χ0v) is 9.52. The quantitative estimate of drug-likeness (QED) is 0.777. The molecular weight excluding hydrogens is 213 g/mol. The highest BCUT2D eigenvalue weighted by atomic mass is 35.5. The molecule has 1 nitrogen and oxygen atoms in total. The number of nitrogens with one attached hydrogen (secondary N) is 1. The van der Waals surface area contributed by atoms with Crippen molar-refractivity contribution in [3.63, 3.8) is 0 Å². The minimum Gasteiger partial charge on any atom is -0.316 e. The highest BCUT2D eigenvalue weighted by Crippen LogP contribution is 2.32. The Balaban J connectivity index is 2.27. The molecule has 0 radical (unpaired) electrons. The molecule has 2 unspecified atom stereocenters. The Kier molecular flexibility index (Phi) is 3.27. The lowest BCUT2D eigenvalue weighted by Gasteiger charge is -2.30. The zero-order chi connectivity index (χ0) is 10.8. The zero-order valence-electron chi connectivity index (χ0n) is 8.76. The van der Waals surface area contributed by atoms with E-state index in [0.717, 1.165) is 25.1 Å². The number of rotatable bonds is 1. The van der Waals surface area contributed by atoms with Crippen LogP contribution in [0.2, 0.25) is 5.02 Å². The van der Waals surface area contributed by atoms with E-state index in [9.17, 15) is 4.39 Å². The van der Waals surface area contributed by atoms with E-state index in [2.05, 4.69) is 12.2 Å². The van der Waals surface area contributed by atoms with Crippen LogP contribution in [0.1, 0.15) is 24.8 Å². The van der Waals surface area contributed by atoms with Gasteiger partial charge >= 0.3 is 0 Å². The molecule has 0 aliphatic carbocycles. The third-order valence-electron chi connectivity index (χ3n) is 3.15. The Morgan fingerprint density at radius 3 is 2.93 bits per heavy atom. The maximum Gasteiger partial charge on any atom is 0.128 e. The second-order valence-corrected chi connectivity index (χ2v) is 4.68. The molecule has 0 amide bonds. The summed E-state index contributed by atoms with van der Waals surface area (Å²) in [6, 6.07) is 5.00. The topological polar surface area (TPSA) is 12.0 Å². The van der Waals surface area contributed by atoms with Crippen LogP contribution in [0.4, 0.5) is 4.39 Å². The molecule has 2 rings (SSSR count). The summed E-state index contributed by atoms with van der Waals surface area (Å²) in [5.41, 5.74) is 0.813. The van der Waals surface area contributed by atoms with Gasteiger partial charge in [-0.1, -0.05) is 24.6 Å². The number of piperidine rings is 1. The van der Waals surface area contributed by atoms with Gasteiger partial charge < -0.3 is 5.32 Å². The summed E-state index contributed by atoms with van der Waals surface area (Å²) in [5.74, 6) is 0.638. The van der Waals surface area contributed by atoms with Crippen molar-refractivity contribution in [2.75, 3.05) is 13.1 Å². The third kappa shape index (κ3) is 2.32. The average Bonchev–Trinajstić information content (AvgIpc) is 2.20. The van der Waals surface area contributed by atoms with Gasteiger partial charge in [0.1, 0.15) is 5.82 Å². The number of hydrogen-bond donors (Lipinski definition) is 1.